The summed E-state index contributed by atoms with van der Waals surface area (Å²) in [6, 6.07) is 36.2. The smallest absolute Gasteiger partial charge is 0.00806 e. The molecule has 0 aliphatic heterocycles. The molecule has 4 aromatic carbocycles. The van der Waals surface area contributed by atoms with Gasteiger partial charge in [0.15, 0.2) is 0 Å². The van der Waals surface area contributed by atoms with E-state index in [-0.39, 0.29) is 0 Å². The van der Waals surface area contributed by atoms with Crippen molar-refractivity contribution >= 4 is 5.57 Å². The number of hydrogen-bond donors (Lipinski definition) is 0. The molecule has 0 radical (unpaired) electrons. The molecule has 4 aromatic rings. The van der Waals surface area contributed by atoms with Gasteiger partial charge in [0.25, 0.3) is 0 Å². The van der Waals surface area contributed by atoms with E-state index in [0.29, 0.717) is 5.92 Å². The Bertz CT molecular complexity index is 1400. The highest BCUT2D eigenvalue weighted by Crippen LogP contribution is 2.40. The van der Waals surface area contributed by atoms with Gasteiger partial charge >= 0.3 is 0 Å². The first-order chi connectivity index (χ1) is 16.7. The van der Waals surface area contributed by atoms with Gasteiger partial charge in [-0.2, -0.15) is 0 Å². The van der Waals surface area contributed by atoms with E-state index < -0.39 is 0 Å². The lowest BCUT2D eigenvalue weighted by Crippen LogP contribution is -2.05. The monoisotopic (exact) mass is 438 g/mol. The average molecular weight is 439 g/mol. The second kappa shape index (κ2) is 8.95. The van der Waals surface area contributed by atoms with Gasteiger partial charge in [-0.3, -0.25) is 0 Å². The van der Waals surface area contributed by atoms with Crippen LogP contribution in [0, 0.1) is 0 Å². The molecule has 0 saturated carbocycles. The molecule has 0 aromatic heterocycles. The second-order valence-electron chi connectivity index (χ2n) is 9.81. The molecular formula is C34H30. The van der Waals surface area contributed by atoms with Crippen LogP contribution in [-0.4, -0.2) is 0 Å². The van der Waals surface area contributed by atoms with Crippen LogP contribution in [0.5, 0.6) is 0 Å². The van der Waals surface area contributed by atoms with Crippen molar-refractivity contribution in [1.82, 2.24) is 0 Å². The Morgan fingerprint density at radius 1 is 0.618 bits per heavy atom. The van der Waals surface area contributed by atoms with Crippen LogP contribution in [-0.2, 0) is 12.8 Å². The van der Waals surface area contributed by atoms with Gasteiger partial charge in [0.1, 0.15) is 0 Å². The van der Waals surface area contributed by atoms with Crippen LogP contribution in [0.1, 0.15) is 47.9 Å². The predicted octanol–water partition coefficient (Wildman–Crippen LogP) is 9.03. The average Bonchev–Trinajstić information content (AvgIpc) is 3.06. The number of benzene rings is 4. The maximum absolute atomic E-state index is 2.43. The number of allylic oxidation sites excluding steroid dienone is 4. The van der Waals surface area contributed by atoms with Crippen molar-refractivity contribution in [1.29, 1.82) is 0 Å². The lowest BCUT2D eigenvalue weighted by Gasteiger charge is -2.16. The molecule has 0 saturated heterocycles. The number of hydrogen-bond acceptors (Lipinski definition) is 0. The standard InChI is InChI=1S/C34H30/c1-24-9-7-13-26(19-24)27-14-8-15-28(20-27)29-17-18-31-22-32(25-10-3-2-4-11-25)21-30-12-5-6-16-33(30)34(31)23-29/h2-6,8,10-20,23,32H,7,9,21-22H2,1H3. The van der Waals surface area contributed by atoms with Crippen LogP contribution >= 0.6 is 0 Å². The summed E-state index contributed by atoms with van der Waals surface area (Å²) in [5, 5.41) is 0. The van der Waals surface area contributed by atoms with E-state index in [9.17, 15) is 0 Å². The molecule has 0 spiro atoms. The van der Waals surface area contributed by atoms with Gasteiger partial charge in [0.05, 0.1) is 0 Å². The van der Waals surface area contributed by atoms with E-state index in [0.717, 1.165) is 19.3 Å². The summed E-state index contributed by atoms with van der Waals surface area (Å²) in [4.78, 5) is 0. The highest BCUT2D eigenvalue weighted by atomic mass is 14.3. The van der Waals surface area contributed by atoms with Crippen LogP contribution in [0.2, 0.25) is 0 Å². The Morgan fingerprint density at radius 2 is 1.35 bits per heavy atom. The Kier molecular flexibility index (Phi) is 5.51. The van der Waals surface area contributed by atoms with Crippen molar-refractivity contribution in [2.75, 3.05) is 0 Å². The highest BCUT2D eigenvalue weighted by Gasteiger charge is 2.22. The zero-order valence-electron chi connectivity index (χ0n) is 19.8. The van der Waals surface area contributed by atoms with E-state index in [1.54, 1.807) is 0 Å². The minimum absolute atomic E-state index is 0.506. The lowest BCUT2D eigenvalue weighted by atomic mass is 9.88. The molecule has 34 heavy (non-hydrogen) atoms. The zero-order valence-corrected chi connectivity index (χ0v) is 19.8. The van der Waals surface area contributed by atoms with Gasteiger partial charge in [-0.15, -0.1) is 0 Å². The number of fused-ring (bicyclic) bond motifs is 3. The SMILES string of the molecule is CC1=CC(c2cccc(-c3ccc4c(c3)-c3ccccc3CC(c3ccccc3)C4)c2)=CCC1. The third-order valence-corrected chi connectivity index (χ3v) is 7.46. The minimum atomic E-state index is 0.506. The number of rotatable bonds is 3. The summed E-state index contributed by atoms with van der Waals surface area (Å²) in [6.07, 6.45) is 9.20. The molecule has 0 bridgehead atoms. The Labute approximate surface area is 203 Å². The van der Waals surface area contributed by atoms with Crippen molar-refractivity contribution in [3.05, 3.63) is 137 Å². The summed E-state index contributed by atoms with van der Waals surface area (Å²) in [5.74, 6) is 0.506. The topological polar surface area (TPSA) is 0 Å². The van der Waals surface area contributed by atoms with Crippen molar-refractivity contribution in [3.8, 4) is 22.3 Å². The molecular weight excluding hydrogens is 408 g/mol. The summed E-state index contributed by atoms with van der Waals surface area (Å²) in [7, 11) is 0. The fraction of sp³-hybridized carbons (Fsp3) is 0.176. The van der Waals surface area contributed by atoms with Gasteiger partial charge in [-0.1, -0.05) is 103 Å². The van der Waals surface area contributed by atoms with E-state index in [1.165, 1.54) is 62.1 Å². The molecule has 0 fully saturated rings. The van der Waals surface area contributed by atoms with E-state index in [1.807, 2.05) is 0 Å². The maximum atomic E-state index is 2.43. The van der Waals surface area contributed by atoms with Gasteiger partial charge in [-0.25, -0.2) is 0 Å². The van der Waals surface area contributed by atoms with Crippen molar-refractivity contribution in [2.24, 2.45) is 0 Å². The first-order valence-electron chi connectivity index (χ1n) is 12.5. The van der Waals surface area contributed by atoms with Gasteiger partial charge in [0, 0.05) is 0 Å². The lowest BCUT2D eigenvalue weighted by molar-refractivity contribution is 0.689. The van der Waals surface area contributed by atoms with Gasteiger partial charge in [-0.05, 0) is 101 Å². The molecule has 0 N–H and O–H groups in total. The quantitative estimate of drug-likeness (QED) is 0.299. The third kappa shape index (κ3) is 4.05. The fourth-order valence-corrected chi connectivity index (χ4v) is 5.64. The molecule has 6 rings (SSSR count). The van der Waals surface area contributed by atoms with Crippen LogP contribution in [0.15, 0.2) is 115 Å². The molecule has 0 heterocycles. The molecule has 0 amide bonds. The third-order valence-electron chi connectivity index (χ3n) is 7.46. The van der Waals surface area contributed by atoms with Crippen LogP contribution in [0.3, 0.4) is 0 Å². The summed E-state index contributed by atoms with van der Waals surface area (Å²) in [6.45, 7) is 2.24. The van der Waals surface area contributed by atoms with E-state index >= 15 is 0 Å². The van der Waals surface area contributed by atoms with Gasteiger partial charge < -0.3 is 0 Å². The van der Waals surface area contributed by atoms with Crippen LogP contribution in [0.25, 0.3) is 27.8 Å². The zero-order chi connectivity index (χ0) is 22.9. The summed E-state index contributed by atoms with van der Waals surface area (Å²) in [5.41, 5.74) is 13.9. The normalized spacial score (nSPS) is 17.1. The molecule has 2 aliphatic carbocycles. The Hall–Kier alpha value is -3.64. The second-order valence-corrected chi connectivity index (χ2v) is 9.81. The van der Waals surface area contributed by atoms with Crippen molar-refractivity contribution in [2.45, 2.75) is 38.5 Å². The Balaban J connectivity index is 1.43. The molecule has 0 heteroatoms. The van der Waals surface area contributed by atoms with Crippen LogP contribution in [0.4, 0.5) is 0 Å². The summed E-state index contributed by atoms with van der Waals surface area (Å²) >= 11 is 0. The van der Waals surface area contributed by atoms with E-state index in [4.69, 9.17) is 0 Å². The molecule has 1 atom stereocenters. The Morgan fingerprint density at radius 3 is 2.21 bits per heavy atom. The van der Waals surface area contributed by atoms with Gasteiger partial charge in [0.2, 0.25) is 0 Å². The van der Waals surface area contributed by atoms with E-state index in [2.05, 4.69) is 116 Å². The minimum Gasteiger partial charge on any atom is -0.0763 e. The largest absolute Gasteiger partial charge is 0.0763 e. The predicted molar refractivity (Wildman–Crippen MR) is 145 cm³/mol. The van der Waals surface area contributed by atoms with Crippen LogP contribution < -0.4 is 0 Å². The first kappa shape index (κ1) is 20.9. The fourth-order valence-electron chi connectivity index (χ4n) is 5.64. The molecule has 2 aliphatic rings. The van der Waals surface area contributed by atoms with Crippen molar-refractivity contribution < 1.29 is 0 Å². The van der Waals surface area contributed by atoms with Crippen molar-refractivity contribution in [3.63, 3.8) is 0 Å². The molecule has 166 valence electrons. The highest BCUT2D eigenvalue weighted by molar-refractivity contribution is 5.82. The first-order valence-corrected chi connectivity index (χ1v) is 12.5. The summed E-state index contributed by atoms with van der Waals surface area (Å²) < 4.78 is 0. The molecule has 0 nitrogen and oxygen atoms in total. The maximum Gasteiger partial charge on any atom is -0.00806 e. The molecule has 1 unspecified atom stereocenters.